The fourth-order valence-electron chi connectivity index (χ4n) is 5.98. The van der Waals surface area contributed by atoms with E-state index in [1.807, 2.05) is 0 Å². The Kier molecular flexibility index (Phi) is 4.40. The number of hydrogen-bond acceptors (Lipinski definition) is 0. The van der Waals surface area contributed by atoms with Crippen LogP contribution in [0.4, 0.5) is 0 Å². The van der Waals surface area contributed by atoms with Crippen LogP contribution in [0, 0.1) is 0 Å². The minimum absolute atomic E-state index is 1.07. The van der Waals surface area contributed by atoms with Gasteiger partial charge in [0.05, 0.1) is 22.1 Å². The van der Waals surface area contributed by atoms with Gasteiger partial charge in [-0.2, -0.15) is 0 Å². The van der Waals surface area contributed by atoms with Gasteiger partial charge in [-0.1, -0.05) is 94.8 Å². The number of fused-ring (bicyclic) bond motifs is 8. The molecule has 0 spiro atoms. The zero-order valence-electron chi connectivity index (χ0n) is 19.9. The number of halogens is 1. The van der Waals surface area contributed by atoms with E-state index in [0.29, 0.717) is 0 Å². The van der Waals surface area contributed by atoms with Crippen molar-refractivity contribution in [2.24, 2.45) is 0 Å². The molecule has 3 heteroatoms. The summed E-state index contributed by atoms with van der Waals surface area (Å²) in [6, 6.07) is 46.0. The van der Waals surface area contributed by atoms with Crippen LogP contribution in [0.25, 0.3) is 65.8 Å². The average Bonchev–Trinajstić information content (AvgIpc) is 3.45. The molecule has 0 aliphatic heterocycles. The summed E-state index contributed by atoms with van der Waals surface area (Å²) in [5.74, 6) is 0. The lowest BCUT2D eigenvalue weighted by Crippen LogP contribution is -1.96. The molecular formula is C34H21BrN2. The Hall–Kier alpha value is -4.34. The molecule has 8 aromatic rings. The summed E-state index contributed by atoms with van der Waals surface area (Å²) in [6.07, 6.45) is 0. The summed E-state index contributed by atoms with van der Waals surface area (Å²) in [5, 5.41) is 7.60. The lowest BCUT2D eigenvalue weighted by Gasteiger charge is -2.11. The maximum absolute atomic E-state index is 3.69. The molecule has 0 bridgehead atoms. The van der Waals surface area contributed by atoms with Gasteiger partial charge in [-0.3, -0.25) is 0 Å². The summed E-state index contributed by atoms with van der Waals surface area (Å²) < 4.78 is 5.90. The second kappa shape index (κ2) is 7.83. The fourth-order valence-corrected chi connectivity index (χ4v) is 6.36. The maximum Gasteiger partial charge on any atom is 0.0619 e. The van der Waals surface area contributed by atoms with E-state index in [4.69, 9.17) is 0 Å². The molecule has 0 aliphatic rings. The topological polar surface area (TPSA) is 9.86 Å². The van der Waals surface area contributed by atoms with Crippen LogP contribution in [0.5, 0.6) is 0 Å². The normalized spacial score (nSPS) is 11.9. The second-order valence-corrected chi connectivity index (χ2v) is 10.5. The summed E-state index contributed by atoms with van der Waals surface area (Å²) in [6.45, 7) is 0. The molecule has 2 aromatic heterocycles. The van der Waals surface area contributed by atoms with Crippen molar-refractivity contribution in [2.45, 2.75) is 0 Å². The lowest BCUT2D eigenvalue weighted by molar-refractivity contribution is 1.17. The molecule has 2 nitrogen and oxygen atoms in total. The Labute approximate surface area is 222 Å². The van der Waals surface area contributed by atoms with Crippen molar-refractivity contribution in [1.82, 2.24) is 9.13 Å². The fraction of sp³-hybridized carbons (Fsp3) is 0. The van der Waals surface area contributed by atoms with Gasteiger partial charge in [0, 0.05) is 42.8 Å². The van der Waals surface area contributed by atoms with Gasteiger partial charge in [-0.05, 0) is 53.9 Å². The van der Waals surface area contributed by atoms with E-state index in [9.17, 15) is 0 Å². The Balaban J connectivity index is 1.62. The highest BCUT2D eigenvalue weighted by atomic mass is 79.9. The van der Waals surface area contributed by atoms with Crippen LogP contribution < -0.4 is 0 Å². The third-order valence-corrected chi connectivity index (χ3v) is 8.02. The molecule has 0 aliphatic carbocycles. The zero-order chi connectivity index (χ0) is 24.5. The Morgan fingerprint density at radius 2 is 1.11 bits per heavy atom. The quantitative estimate of drug-likeness (QED) is 0.208. The van der Waals surface area contributed by atoms with Crippen LogP contribution in [-0.4, -0.2) is 9.13 Å². The number of aromatic nitrogens is 2. The minimum atomic E-state index is 1.07. The third kappa shape index (κ3) is 2.98. The number of rotatable bonds is 2. The predicted octanol–water partition coefficient (Wildman–Crippen LogP) is 9.80. The molecule has 0 atom stereocenters. The standard InChI is InChI=1S/C34H21BrN2/c35-23-10-8-13-25(19-23)36-31-16-7-6-15-27(31)29-20-30-28-18-17-22-9-4-5-14-26(22)34(28)37(33(30)21-32(29)36)24-11-2-1-3-12-24/h1-21H. The monoisotopic (exact) mass is 536 g/mol. The van der Waals surface area contributed by atoms with Gasteiger partial charge in [-0.25, -0.2) is 0 Å². The van der Waals surface area contributed by atoms with E-state index in [-0.39, 0.29) is 0 Å². The van der Waals surface area contributed by atoms with Crippen LogP contribution in [0.2, 0.25) is 0 Å². The van der Waals surface area contributed by atoms with E-state index in [0.717, 1.165) is 10.2 Å². The van der Waals surface area contributed by atoms with Crippen molar-refractivity contribution >= 4 is 70.3 Å². The molecule has 0 fully saturated rings. The molecule has 8 rings (SSSR count). The van der Waals surface area contributed by atoms with Crippen molar-refractivity contribution in [1.29, 1.82) is 0 Å². The number of hydrogen-bond donors (Lipinski definition) is 0. The summed E-state index contributed by atoms with van der Waals surface area (Å²) >= 11 is 3.69. The van der Waals surface area contributed by atoms with Crippen LogP contribution in [0.3, 0.4) is 0 Å². The maximum atomic E-state index is 3.69. The van der Waals surface area contributed by atoms with E-state index in [1.54, 1.807) is 0 Å². The van der Waals surface area contributed by atoms with E-state index >= 15 is 0 Å². The molecule has 0 radical (unpaired) electrons. The summed E-state index contributed by atoms with van der Waals surface area (Å²) in [4.78, 5) is 0. The van der Waals surface area contributed by atoms with Crippen molar-refractivity contribution < 1.29 is 0 Å². The van der Waals surface area contributed by atoms with Crippen molar-refractivity contribution in [3.63, 3.8) is 0 Å². The number of nitrogens with zero attached hydrogens (tertiary/aromatic N) is 2. The third-order valence-electron chi connectivity index (χ3n) is 7.53. The number of para-hydroxylation sites is 2. The molecule has 2 heterocycles. The minimum Gasteiger partial charge on any atom is -0.309 e. The van der Waals surface area contributed by atoms with Crippen LogP contribution in [0.1, 0.15) is 0 Å². The summed E-state index contributed by atoms with van der Waals surface area (Å²) in [5.41, 5.74) is 7.20. The summed E-state index contributed by atoms with van der Waals surface area (Å²) in [7, 11) is 0. The van der Waals surface area contributed by atoms with Crippen molar-refractivity contribution in [3.8, 4) is 11.4 Å². The Morgan fingerprint density at radius 1 is 0.405 bits per heavy atom. The number of benzene rings is 6. The molecule has 0 unspecified atom stereocenters. The van der Waals surface area contributed by atoms with E-state index < -0.39 is 0 Å². The average molecular weight is 537 g/mol. The van der Waals surface area contributed by atoms with Gasteiger partial charge in [0.1, 0.15) is 0 Å². The largest absolute Gasteiger partial charge is 0.309 e. The highest BCUT2D eigenvalue weighted by Crippen LogP contribution is 2.41. The van der Waals surface area contributed by atoms with Crippen LogP contribution in [0.15, 0.2) is 132 Å². The molecule has 6 aromatic carbocycles. The Morgan fingerprint density at radius 3 is 1.97 bits per heavy atom. The van der Waals surface area contributed by atoms with E-state index in [1.165, 1.54) is 60.1 Å². The molecule has 0 N–H and O–H groups in total. The van der Waals surface area contributed by atoms with Gasteiger partial charge >= 0.3 is 0 Å². The molecule has 37 heavy (non-hydrogen) atoms. The van der Waals surface area contributed by atoms with Crippen molar-refractivity contribution in [2.75, 3.05) is 0 Å². The first-order valence-corrected chi connectivity index (χ1v) is 13.3. The Bertz CT molecular complexity index is 2150. The molecule has 0 amide bonds. The van der Waals surface area contributed by atoms with E-state index in [2.05, 4.69) is 152 Å². The van der Waals surface area contributed by atoms with Crippen LogP contribution >= 0.6 is 15.9 Å². The molecule has 174 valence electrons. The molecular weight excluding hydrogens is 516 g/mol. The van der Waals surface area contributed by atoms with Gasteiger partial charge in [0.2, 0.25) is 0 Å². The van der Waals surface area contributed by atoms with Crippen LogP contribution in [-0.2, 0) is 0 Å². The highest BCUT2D eigenvalue weighted by Gasteiger charge is 2.19. The highest BCUT2D eigenvalue weighted by molar-refractivity contribution is 9.10. The van der Waals surface area contributed by atoms with Gasteiger partial charge in [0.15, 0.2) is 0 Å². The first-order valence-electron chi connectivity index (χ1n) is 12.5. The van der Waals surface area contributed by atoms with Gasteiger partial charge in [0.25, 0.3) is 0 Å². The van der Waals surface area contributed by atoms with Gasteiger partial charge < -0.3 is 9.13 Å². The SMILES string of the molecule is Brc1cccc(-n2c3ccccc3c3cc4c5ccc6ccccc6c5n(-c5ccccc5)c4cc32)c1. The lowest BCUT2D eigenvalue weighted by atomic mass is 10.0. The molecule has 0 saturated heterocycles. The first-order chi connectivity index (χ1) is 18.3. The molecule has 0 saturated carbocycles. The first kappa shape index (κ1) is 20.8. The smallest absolute Gasteiger partial charge is 0.0619 e. The zero-order valence-corrected chi connectivity index (χ0v) is 21.5. The second-order valence-electron chi connectivity index (χ2n) is 9.57. The van der Waals surface area contributed by atoms with Gasteiger partial charge in [-0.15, -0.1) is 0 Å². The van der Waals surface area contributed by atoms with Crippen molar-refractivity contribution in [3.05, 3.63) is 132 Å². The predicted molar refractivity (Wildman–Crippen MR) is 160 cm³/mol.